The topological polar surface area (TPSA) is 27.8 Å². The Bertz CT molecular complexity index is 483. The molecular formula is C12H13BrN2. The number of H-pyrrole nitrogens is 1. The van der Waals surface area contributed by atoms with Crippen molar-refractivity contribution in [2.75, 3.05) is 6.54 Å². The number of aromatic amines is 1. The number of hydrogen-bond donors (Lipinski definition) is 2. The molecule has 3 rings (SSSR count). The molecule has 1 saturated heterocycles. The van der Waals surface area contributed by atoms with E-state index in [1.165, 1.54) is 29.4 Å². The molecule has 1 aliphatic rings. The first-order valence-electron chi connectivity index (χ1n) is 5.35. The zero-order valence-electron chi connectivity index (χ0n) is 8.39. The lowest BCUT2D eigenvalue weighted by molar-refractivity contribution is 0.633. The molecular weight excluding hydrogens is 252 g/mol. The van der Waals surface area contributed by atoms with E-state index < -0.39 is 0 Å². The highest BCUT2D eigenvalue weighted by Gasteiger charge is 2.18. The standard InChI is InChI=1S/C12H13BrN2/c13-9-4-1-3-8-7-11(15-12(8)9)10-5-2-6-14-10/h1,3-4,7,10,14-15H,2,5-6H2. The summed E-state index contributed by atoms with van der Waals surface area (Å²) in [6.07, 6.45) is 2.52. The molecule has 0 saturated carbocycles. The van der Waals surface area contributed by atoms with E-state index in [1.807, 2.05) is 0 Å². The van der Waals surface area contributed by atoms with E-state index in [2.05, 4.69) is 50.5 Å². The van der Waals surface area contributed by atoms with E-state index in [9.17, 15) is 0 Å². The van der Waals surface area contributed by atoms with E-state index in [1.54, 1.807) is 0 Å². The van der Waals surface area contributed by atoms with Crippen LogP contribution in [0.3, 0.4) is 0 Å². The molecule has 0 radical (unpaired) electrons. The molecule has 1 atom stereocenters. The fraction of sp³-hybridized carbons (Fsp3) is 0.333. The highest BCUT2D eigenvalue weighted by molar-refractivity contribution is 9.10. The van der Waals surface area contributed by atoms with Crippen LogP contribution >= 0.6 is 15.9 Å². The van der Waals surface area contributed by atoms with Crippen molar-refractivity contribution in [1.29, 1.82) is 0 Å². The smallest absolute Gasteiger partial charge is 0.0600 e. The lowest BCUT2D eigenvalue weighted by Crippen LogP contribution is -2.12. The summed E-state index contributed by atoms with van der Waals surface area (Å²) >= 11 is 3.57. The van der Waals surface area contributed by atoms with Crippen LogP contribution in [0.25, 0.3) is 10.9 Å². The van der Waals surface area contributed by atoms with Crippen molar-refractivity contribution in [1.82, 2.24) is 10.3 Å². The molecule has 0 spiro atoms. The number of rotatable bonds is 1. The monoisotopic (exact) mass is 264 g/mol. The number of nitrogens with one attached hydrogen (secondary N) is 2. The predicted molar refractivity (Wildman–Crippen MR) is 66.0 cm³/mol. The van der Waals surface area contributed by atoms with Gasteiger partial charge in [-0.05, 0) is 47.4 Å². The zero-order chi connectivity index (χ0) is 10.3. The molecule has 1 unspecified atom stereocenters. The Kier molecular flexibility index (Phi) is 2.29. The van der Waals surface area contributed by atoms with Crippen molar-refractivity contribution in [3.63, 3.8) is 0 Å². The Morgan fingerprint density at radius 2 is 2.27 bits per heavy atom. The number of hydrogen-bond acceptors (Lipinski definition) is 1. The second-order valence-corrected chi connectivity index (χ2v) is 4.93. The van der Waals surface area contributed by atoms with E-state index in [0.29, 0.717) is 6.04 Å². The predicted octanol–water partition coefficient (Wildman–Crippen LogP) is 3.35. The molecule has 2 N–H and O–H groups in total. The van der Waals surface area contributed by atoms with Crippen molar-refractivity contribution < 1.29 is 0 Å². The van der Waals surface area contributed by atoms with Gasteiger partial charge in [0.15, 0.2) is 0 Å². The number of fused-ring (bicyclic) bond motifs is 1. The van der Waals surface area contributed by atoms with Crippen LogP contribution in [-0.2, 0) is 0 Å². The van der Waals surface area contributed by atoms with Crippen LogP contribution in [0.15, 0.2) is 28.7 Å². The van der Waals surface area contributed by atoms with Gasteiger partial charge in [-0.15, -0.1) is 0 Å². The molecule has 1 aliphatic heterocycles. The minimum Gasteiger partial charge on any atom is -0.356 e. The zero-order valence-corrected chi connectivity index (χ0v) is 9.97. The van der Waals surface area contributed by atoms with E-state index in [4.69, 9.17) is 0 Å². The lowest BCUT2D eigenvalue weighted by Gasteiger charge is -2.06. The second kappa shape index (κ2) is 3.65. The first-order valence-corrected chi connectivity index (χ1v) is 6.14. The van der Waals surface area contributed by atoms with Crippen LogP contribution in [0, 0.1) is 0 Å². The minimum atomic E-state index is 0.518. The van der Waals surface area contributed by atoms with Crippen LogP contribution in [-0.4, -0.2) is 11.5 Å². The molecule has 78 valence electrons. The third-order valence-corrected chi connectivity index (χ3v) is 3.72. The normalized spacial score (nSPS) is 21.3. The first-order chi connectivity index (χ1) is 7.34. The molecule has 0 bridgehead atoms. The molecule has 0 amide bonds. The van der Waals surface area contributed by atoms with Gasteiger partial charge in [-0.2, -0.15) is 0 Å². The fourth-order valence-electron chi connectivity index (χ4n) is 2.28. The number of benzene rings is 1. The van der Waals surface area contributed by atoms with Gasteiger partial charge in [0.25, 0.3) is 0 Å². The van der Waals surface area contributed by atoms with Gasteiger partial charge in [0, 0.05) is 21.6 Å². The van der Waals surface area contributed by atoms with Gasteiger partial charge in [-0.3, -0.25) is 0 Å². The summed E-state index contributed by atoms with van der Waals surface area (Å²) < 4.78 is 1.14. The van der Waals surface area contributed by atoms with Crippen molar-refractivity contribution in [2.45, 2.75) is 18.9 Å². The van der Waals surface area contributed by atoms with Crippen molar-refractivity contribution in [2.24, 2.45) is 0 Å². The van der Waals surface area contributed by atoms with E-state index in [-0.39, 0.29) is 0 Å². The van der Waals surface area contributed by atoms with Crippen LogP contribution in [0.2, 0.25) is 0 Å². The largest absolute Gasteiger partial charge is 0.356 e. The van der Waals surface area contributed by atoms with Crippen molar-refractivity contribution in [3.8, 4) is 0 Å². The number of halogens is 1. The van der Waals surface area contributed by atoms with Crippen molar-refractivity contribution >= 4 is 26.8 Å². The van der Waals surface area contributed by atoms with Gasteiger partial charge in [0.05, 0.1) is 5.52 Å². The highest BCUT2D eigenvalue weighted by atomic mass is 79.9. The summed E-state index contributed by atoms with van der Waals surface area (Å²) in [5.41, 5.74) is 2.52. The first kappa shape index (κ1) is 9.43. The quantitative estimate of drug-likeness (QED) is 0.813. The Balaban J connectivity index is 2.09. The Morgan fingerprint density at radius 1 is 1.33 bits per heavy atom. The van der Waals surface area contributed by atoms with Gasteiger partial charge in [0.2, 0.25) is 0 Å². The molecule has 0 aliphatic carbocycles. The maximum atomic E-state index is 3.57. The fourth-order valence-corrected chi connectivity index (χ4v) is 2.76. The maximum Gasteiger partial charge on any atom is 0.0600 e. The molecule has 1 aromatic carbocycles. The average Bonchev–Trinajstić information content (AvgIpc) is 2.86. The van der Waals surface area contributed by atoms with Gasteiger partial charge < -0.3 is 10.3 Å². The maximum absolute atomic E-state index is 3.57. The third-order valence-electron chi connectivity index (χ3n) is 3.06. The minimum absolute atomic E-state index is 0.518. The van der Waals surface area contributed by atoms with Gasteiger partial charge in [0.1, 0.15) is 0 Å². The molecule has 1 aromatic heterocycles. The second-order valence-electron chi connectivity index (χ2n) is 4.08. The highest BCUT2D eigenvalue weighted by Crippen LogP contribution is 2.29. The van der Waals surface area contributed by atoms with Gasteiger partial charge in [-0.1, -0.05) is 12.1 Å². The molecule has 2 nitrogen and oxygen atoms in total. The molecule has 15 heavy (non-hydrogen) atoms. The summed E-state index contributed by atoms with van der Waals surface area (Å²) in [6, 6.07) is 9.07. The molecule has 3 heteroatoms. The summed E-state index contributed by atoms with van der Waals surface area (Å²) in [4.78, 5) is 3.50. The van der Waals surface area contributed by atoms with Crippen LogP contribution in [0.1, 0.15) is 24.6 Å². The van der Waals surface area contributed by atoms with Crippen LogP contribution in [0.5, 0.6) is 0 Å². The SMILES string of the molecule is Brc1cccc2cc(C3CCCN3)[nH]c12. The molecule has 1 fully saturated rings. The average molecular weight is 265 g/mol. The Labute approximate surface area is 97.2 Å². The summed E-state index contributed by atoms with van der Waals surface area (Å²) in [5.74, 6) is 0. The summed E-state index contributed by atoms with van der Waals surface area (Å²) in [5, 5.41) is 4.79. The lowest BCUT2D eigenvalue weighted by atomic mass is 10.1. The molecule has 2 heterocycles. The summed E-state index contributed by atoms with van der Waals surface area (Å²) in [7, 11) is 0. The number of aromatic nitrogens is 1. The Morgan fingerprint density at radius 3 is 3.00 bits per heavy atom. The van der Waals surface area contributed by atoms with Gasteiger partial charge >= 0.3 is 0 Å². The van der Waals surface area contributed by atoms with Crippen LogP contribution < -0.4 is 5.32 Å². The Hall–Kier alpha value is -0.800. The van der Waals surface area contributed by atoms with Crippen LogP contribution in [0.4, 0.5) is 0 Å². The summed E-state index contributed by atoms with van der Waals surface area (Å²) in [6.45, 7) is 1.14. The number of para-hydroxylation sites is 1. The van der Waals surface area contributed by atoms with Gasteiger partial charge in [-0.25, -0.2) is 0 Å². The van der Waals surface area contributed by atoms with E-state index >= 15 is 0 Å². The molecule has 2 aromatic rings. The van der Waals surface area contributed by atoms with E-state index in [0.717, 1.165) is 11.0 Å². The third kappa shape index (κ3) is 1.60. The van der Waals surface area contributed by atoms with Crippen molar-refractivity contribution in [3.05, 3.63) is 34.4 Å².